The number of carbonyl (C=O) groups excluding carboxylic acids is 2. The molecule has 2 amide bonds. The van der Waals surface area contributed by atoms with Crippen LogP contribution in [0.5, 0.6) is 17.2 Å². The molecule has 0 aromatic heterocycles. The number of hydrogen-bond acceptors (Lipinski definition) is 5. The molecule has 2 N–H and O–H groups in total. The standard InChI is InChI=1S/C20H22Cl2N2O5/c1-3-27-17-7-5-13(9-18(17)28-4-2)10-19(25)23-24-20(26)12-29-16-8-6-14(21)11-15(16)22/h5-9,11H,3-4,10,12H2,1-2H3,(H,23,25)(H,24,26). The third kappa shape index (κ3) is 7.36. The number of halogens is 2. The molecule has 156 valence electrons. The first-order valence-corrected chi connectivity index (χ1v) is 9.72. The van der Waals surface area contributed by atoms with Crippen LogP contribution in [0.25, 0.3) is 0 Å². The molecule has 0 aliphatic rings. The van der Waals surface area contributed by atoms with Crippen molar-refractivity contribution in [3.8, 4) is 17.2 Å². The zero-order valence-corrected chi connectivity index (χ0v) is 17.6. The minimum Gasteiger partial charge on any atom is -0.490 e. The van der Waals surface area contributed by atoms with E-state index in [9.17, 15) is 9.59 Å². The molecule has 29 heavy (non-hydrogen) atoms. The lowest BCUT2D eigenvalue weighted by Crippen LogP contribution is -2.44. The van der Waals surface area contributed by atoms with Gasteiger partial charge in [0, 0.05) is 5.02 Å². The van der Waals surface area contributed by atoms with Gasteiger partial charge in [0.05, 0.1) is 24.7 Å². The van der Waals surface area contributed by atoms with Gasteiger partial charge in [-0.25, -0.2) is 0 Å². The Balaban J connectivity index is 1.82. The Morgan fingerprint density at radius 1 is 0.828 bits per heavy atom. The van der Waals surface area contributed by atoms with Gasteiger partial charge in [0.15, 0.2) is 18.1 Å². The summed E-state index contributed by atoms with van der Waals surface area (Å²) in [4.78, 5) is 23.9. The van der Waals surface area contributed by atoms with Gasteiger partial charge in [0.2, 0.25) is 5.91 Å². The second kappa shape index (κ2) is 11.4. The maximum absolute atomic E-state index is 12.1. The molecule has 2 aromatic rings. The van der Waals surface area contributed by atoms with E-state index in [0.717, 1.165) is 0 Å². The van der Waals surface area contributed by atoms with E-state index in [4.69, 9.17) is 37.4 Å². The summed E-state index contributed by atoms with van der Waals surface area (Å²) in [6, 6.07) is 9.90. The molecule has 7 nitrogen and oxygen atoms in total. The molecule has 0 saturated carbocycles. The van der Waals surface area contributed by atoms with Crippen molar-refractivity contribution in [3.63, 3.8) is 0 Å². The minimum absolute atomic E-state index is 0.0522. The lowest BCUT2D eigenvalue weighted by Gasteiger charge is -2.13. The Morgan fingerprint density at radius 3 is 2.17 bits per heavy atom. The number of nitrogens with one attached hydrogen (secondary N) is 2. The lowest BCUT2D eigenvalue weighted by atomic mass is 10.1. The number of benzene rings is 2. The van der Waals surface area contributed by atoms with Crippen molar-refractivity contribution in [3.05, 3.63) is 52.0 Å². The molecule has 0 radical (unpaired) electrons. The Morgan fingerprint density at radius 2 is 1.48 bits per heavy atom. The van der Waals surface area contributed by atoms with Crippen LogP contribution in [0, 0.1) is 0 Å². The van der Waals surface area contributed by atoms with Crippen LogP contribution >= 0.6 is 23.2 Å². The van der Waals surface area contributed by atoms with Crippen LogP contribution in [-0.4, -0.2) is 31.6 Å². The van der Waals surface area contributed by atoms with E-state index in [1.54, 1.807) is 30.3 Å². The summed E-state index contributed by atoms with van der Waals surface area (Å²) < 4.78 is 16.3. The fraction of sp³-hybridized carbons (Fsp3) is 0.300. The van der Waals surface area contributed by atoms with Gasteiger partial charge >= 0.3 is 0 Å². The van der Waals surface area contributed by atoms with E-state index in [1.807, 2.05) is 13.8 Å². The predicted octanol–water partition coefficient (Wildman–Crippen LogP) is 3.56. The quantitative estimate of drug-likeness (QED) is 0.582. The average molecular weight is 441 g/mol. The number of amides is 2. The van der Waals surface area contributed by atoms with Gasteiger partial charge in [0.25, 0.3) is 5.91 Å². The summed E-state index contributed by atoms with van der Waals surface area (Å²) in [6.45, 7) is 4.41. The molecule has 0 fully saturated rings. The Bertz CT molecular complexity index is 861. The first kappa shape index (κ1) is 22.6. The van der Waals surface area contributed by atoms with Gasteiger partial charge in [-0.1, -0.05) is 29.3 Å². The lowest BCUT2D eigenvalue weighted by molar-refractivity contribution is -0.129. The molecule has 0 unspecified atom stereocenters. The number of carbonyl (C=O) groups is 2. The molecule has 9 heteroatoms. The molecule has 0 heterocycles. The molecule has 2 rings (SSSR count). The van der Waals surface area contributed by atoms with Crippen molar-refractivity contribution in [2.75, 3.05) is 19.8 Å². The Kier molecular flexibility index (Phi) is 8.89. The highest BCUT2D eigenvalue weighted by Gasteiger charge is 2.11. The van der Waals surface area contributed by atoms with Gasteiger partial charge in [0.1, 0.15) is 5.75 Å². The van der Waals surface area contributed by atoms with Crippen LogP contribution in [0.4, 0.5) is 0 Å². The minimum atomic E-state index is -0.536. The highest BCUT2D eigenvalue weighted by atomic mass is 35.5. The highest BCUT2D eigenvalue weighted by Crippen LogP contribution is 2.29. The van der Waals surface area contributed by atoms with Gasteiger partial charge in [-0.15, -0.1) is 0 Å². The van der Waals surface area contributed by atoms with E-state index in [-0.39, 0.29) is 18.1 Å². The zero-order valence-electron chi connectivity index (χ0n) is 16.1. The van der Waals surface area contributed by atoms with Crippen LogP contribution in [0.3, 0.4) is 0 Å². The summed E-state index contributed by atoms with van der Waals surface area (Å²) in [6.07, 6.45) is 0.0522. The largest absolute Gasteiger partial charge is 0.490 e. The zero-order chi connectivity index (χ0) is 21.2. The fourth-order valence-electron chi connectivity index (χ4n) is 2.35. The van der Waals surface area contributed by atoms with Crippen LogP contribution in [-0.2, 0) is 16.0 Å². The number of rotatable bonds is 9. The molecule has 0 spiro atoms. The van der Waals surface area contributed by atoms with Crippen molar-refractivity contribution in [2.45, 2.75) is 20.3 Å². The van der Waals surface area contributed by atoms with Gasteiger partial charge < -0.3 is 14.2 Å². The normalized spacial score (nSPS) is 10.2. The number of hydrazine groups is 1. The second-order valence-corrected chi connectivity index (χ2v) is 6.63. The topological polar surface area (TPSA) is 85.9 Å². The molecule has 2 aromatic carbocycles. The van der Waals surface area contributed by atoms with Crippen molar-refractivity contribution in [2.24, 2.45) is 0 Å². The smallest absolute Gasteiger partial charge is 0.276 e. The maximum atomic E-state index is 12.1. The van der Waals surface area contributed by atoms with Crippen molar-refractivity contribution < 1.29 is 23.8 Å². The first-order chi connectivity index (χ1) is 13.9. The third-order valence-corrected chi connectivity index (χ3v) is 4.10. The average Bonchev–Trinajstić information content (AvgIpc) is 2.68. The summed E-state index contributed by atoms with van der Waals surface area (Å²) >= 11 is 11.8. The summed E-state index contributed by atoms with van der Waals surface area (Å²) in [7, 11) is 0. The SMILES string of the molecule is CCOc1ccc(CC(=O)NNC(=O)COc2ccc(Cl)cc2Cl)cc1OCC. The molecular formula is C20H22Cl2N2O5. The van der Waals surface area contributed by atoms with Crippen LogP contribution < -0.4 is 25.1 Å². The van der Waals surface area contributed by atoms with Crippen molar-refractivity contribution >= 4 is 35.0 Å². The summed E-state index contributed by atoms with van der Waals surface area (Å²) in [5.41, 5.74) is 5.34. The number of ether oxygens (including phenoxy) is 3. The fourth-order valence-corrected chi connectivity index (χ4v) is 2.81. The van der Waals surface area contributed by atoms with Crippen LogP contribution in [0.2, 0.25) is 10.0 Å². The Hall–Kier alpha value is -2.64. The molecule has 0 bridgehead atoms. The molecular weight excluding hydrogens is 419 g/mol. The van der Waals surface area contributed by atoms with Gasteiger partial charge in [-0.3, -0.25) is 20.4 Å². The molecule has 0 atom stereocenters. The van der Waals surface area contributed by atoms with E-state index >= 15 is 0 Å². The van der Waals surface area contributed by atoms with Crippen LogP contribution in [0.1, 0.15) is 19.4 Å². The Labute approximate surface area is 179 Å². The van der Waals surface area contributed by atoms with Crippen LogP contribution in [0.15, 0.2) is 36.4 Å². The summed E-state index contributed by atoms with van der Waals surface area (Å²) in [5, 5.41) is 0.746. The third-order valence-electron chi connectivity index (χ3n) is 3.57. The van der Waals surface area contributed by atoms with Crippen molar-refractivity contribution in [1.82, 2.24) is 10.9 Å². The monoisotopic (exact) mass is 440 g/mol. The van der Waals surface area contributed by atoms with E-state index in [2.05, 4.69) is 10.9 Å². The highest BCUT2D eigenvalue weighted by molar-refractivity contribution is 6.35. The second-order valence-electron chi connectivity index (χ2n) is 5.78. The predicted molar refractivity (Wildman–Crippen MR) is 111 cm³/mol. The molecule has 0 saturated heterocycles. The first-order valence-electron chi connectivity index (χ1n) is 8.97. The van der Waals surface area contributed by atoms with Crippen molar-refractivity contribution in [1.29, 1.82) is 0 Å². The molecule has 0 aliphatic heterocycles. The van der Waals surface area contributed by atoms with E-state index in [1.165, 1.54) is 6.07 Å². The van der Waals surface area contributed by atoms with Gasteiger partial charge in [-0.2, -0.15) is 0 Å². The van der Waals surface area contributed by atoms with Gasteiger partial charge in [-0.05, 0) is 49.7 Å². The summed E-state index contributed by atoms with van der Waals surface area (Å²) in [5.74, 6) is 0.567. The number of hydrogen-bond donors (Lipinski definition) is 2. The molecule has 0 aliphatic carbocycles. The van der Waals surface area contributed by atoms with E-state index < -0.39 is 11.8 Å². The maximum Gasteiger partial charge on any atom is 0.276 e. The van der Waals surface area contributed by atoms with E-state index in [0.29, 0.717) is 41.0 Å².